The summed E-state index contributed by atoms with van der Waals surface area (Å²) in [5, 5.41) is 14.4. The van der Waals surface area contributed by atoms with E-state index >= 15 is 0 Å². The molecular weight excluding hydrogens is 256 g/mol. The van der Waals surface area contributed by atoms with Crippen molar-refractivity contribution in [3.05, 3.63) is 33.9 Å². The molecule has 0 unspecified atom stereocenters. The van der Waals surface area contributed by atoms with Crippen LogP contribution in [0.25, 0.3) is 0 Å². The largest absolute Gasteiger partial charge is 0.489 e. The Hall–Kier alpha value is -1.62. The monoisotopic (exact) mass is 276 g/mol. The van der Waals surface area contributed by atoms with Gasteiger partial charge in [0.2, 0.25) is 0 Å². The van der Waals surface area contributed by atoms with Crippen LogP contribution in [0.5, 0.6) is 5.75 Å². The average Bonchev–Trinajstić information content (AvgIpc) is 2.74. The van der Waals surface area contributed by atoms with Gasteiger partial charge in [-0.2, -0.15) is 0 Å². The number of fused-ring (bicyclic) bond motifs is 2. The second kappa shape index (κ2) is 4.74. The van der Waals surface area contributed by atoms with E-state index in [1.807, 2.05) is 0 Å². The van der Waals surface area contributed by atoms with Crippen molar-refractivity contribution >= 4 is 5.69 Å². The Kier molecular flexibility index (Phi) is 3.17. The fourth-order valence-corrected chi connectivity index (χ4v) is 3.73. The normalized spacial score (nSPS) is 23.6. The van der Waals surface area contributed by atoms with Gasteiger partial charge in [0.1, 0.15) is 11.9 Å². The maximum absolute atomic E-state index is 11.0. The lowest BCUT2D eigenvalue weighted by atomic mass is 9.67. The minimum absolute atomic E-state index is 0.0687. The van der Waals surface area contributed by atoms with Crippen molar-refractivity contribution < 1.29 is 9.66 Å². The number of benzene rings is 1. The minimum Gasteiger partial charge on any atom is -0.489 e. The molecule has 5 nitrogen and oxygen atoms in total. The van der Waals surface area contributed by atoms with E-state index in [0.29, 0.717) is 5.92 Å². The number of ether oxygens (including phenoxy) is 1. The van der Waals surface area contributed by atoms with Gasteiger partial charge in [0.25, 0.3) is 5.69 Å². The Bertz CT molecular complexity index is 536. The summed E-state index contributed by atoms with van der Waals surface area (Å²) in [5.41, 5.74) is 1.13. The number of hydrogen-bond donors (Lipinski definition) is 1. The molecule has 2 aliphatic rings. The Labute approximate surface area is 118 Å². The smallest absolute Gasteiger partial charge is 0.269 e. The molecule has 1 spiro atoms. The van der Waals surface area contributed by atoms with Crippen molar-refractivity contribution in [3.8, 4) is 5.75 Å². The summed E-state index contributed by atoms with van der Waals surface area (Å²) in [7, 11) is 0. The van der Waals surface area contributed by atoms with Crippen LogP contribution in [0.1, 0.15) is 32.3 Å². The van der Waals surface area contributed by atoms with E-state index in [-0.39, 0.29) is 22.1 Å². The summed E-state index contributed by atoms with van der Waals surface area (Å²) in [6.07, 6.45) is 2.07. The summed E-state index contributed by atoms with van der Waals surface area (Å²) in [5.74, 6) is 1.22. The van der Waals surface area contributed by atoms with Crippen molar-refractivity contribution in [2.75, 3.05) is 13.1 Å². The van der Waals surface area contributed by atoms with Crippen LogP contribution in [0, 0.1) is 16.0 Å². The molecule has 2 aliphatic heterocycles. The van der Waals surface area contributed by atoms with E-state index in [2.05, 4.69) is 19.2 Å². The van der Waals surface area contributed by atoms with E-state index < -0.39 is 0 Å². The molecule has 0 radical (unpaired) electrons. The zero-order valence-electron chi connectivity index (χ0n) is 11.9. The van der Waals surface area contributed by atoms with E-state index in [1.165, 1.54) is 6.07 Å². The maximum atomic E-state index is 11.0. The number of hydrogen-bond acceptors (Lipinski definition) is 4. The van der Waals surface area contributed by atoms with Gasteiger partial charge in [-0.15, -0.1) is 0 Å². The molecule has 1 saturated heterocycles. The molecule has 1 fully saturated rings. The highest BCUT2D eigenvalue weighted by atomic mass is 16.6. The zero-order valence-corrected chi connectivity index (χ0v) is 11.9. The predicted molar refractivity (Wildman–Crippen MR) is 76.1 cm³/mol. The zero-order chi connectivity index (χ0) is 14.3. The van der Waals surface area contributed by atoms with E-state index in [1.54, 1.807) is 12.1 Å². The summed E-state index contributed by atoms with van der Waals surface area (Å²) in [4.78, 5) is 10.7. The average molecular weight is 276 g/mol. The first-order valence-electron chi connectivity index (χ1n) is 7.21. The molecule has 0 aromatic heterocycles. The molecule has 0 bridgehead atoms. The van der Waals surface area contributed by atoms with Gasteiger partial charge in [0, 0.05) is 23.1 Å². The third-order valence-corrected chi connectivity index (χ3v) is 4.61. The molecule has 20 heavy (non-hydrogen) atoms. The molecule has 2 heterocycles. The number of rotatable bonds is 2. The second-order valence-corrected chi connectivity index (χ2v) is 6.13. The molecule has 0 amide bonds. The van der Waals surface area contributed by atoms with Gasteiger partial charge in [-0.05, 0) is 37.9 Å². The fraction of sp³-hybridized carbons (Fsp3) is 0.600. The number of non-ortho nitro benzene ring substituents is 1. The molecule has 0 saturated carbocycles. The summed E-state index contributed by atoms with van der Waals surface area (Å²) in [6, 6.07) is 5.03. The van der Waals surface area contributed by atoms with Crippen molar-refractivity contribution in [3.63, 3.8) is 0 Å². The van der Waals surface area contributed by atoms with Crippen molar-refractivity contribution in [2.24, 2.45) is 5.92 Å². The Morgan fingerprint density at radius 1 is 1.40 bits per heavy atom. The molecule has 1 N–H and O–H groups in total. The summed E-state index contributed by atoms with van der Waals surface area (Å²) >= 11 is 0. The predicted octanol–water partition coefficient (Wildman–Crippen LogP) is 2.63. The Morgan fingerprint density at radius 3 is 2.70 bits per heavy atom. The lowest BCUT2D eigenvalue weighted by molar-refractivity contribution is -0.385. The summed E-state index contributed by atoms with van der Waals surface area (Å²) < 4.78 is 6.15. The van der Waals surface area contributed by atoms with E-state index in [0.717, 1.165) is 37.2 Å². The molecule has 108 valence electrons. The quantitative estimate of drug-likeness (QED) is 0.666. The van der Waals surface area contributed by atoms with Crippen LogP contribution in [0.3, 0.4) is 0 Å². The molecule has 5 heteroatoms. The van der Waals surface area contributed by atoms with Gasteiger partial charge < -0.3 is 10.1 Å². The first-order chi connectivity index (χ1) is 9.54. The van der Waals surface area contributed by atoms with Crippen LogP contribution in [0.15, 0.2) is 18.2 Å². The highest BCUT2D eigenvalue weighted by Gasteiger charge is 2.50. The van der Waals surface area contributed by atoms with E-state index in [4.69, 9.17) is 4.74 Å². The van der Waals surface area contributed by atoms with Gasteiger partial charge in [-0.1, -0.05) is 13.8 Å². The van der Waals surface area contributed by atoms with Crippen molar-refractivity contribution in [1.82, 2.24) is 5.32 Å². The SMILES string of the molecule is CC(C)[C@H]1Oc2ccc([N+](=O)[O-])cc2C12CCNCC2. The standard InChI is InChI=1S/C15H20N2O3/c1-10(2)14-15(5-7-16-8-6-15)12-9-11(17(18)19)3-4-13(12)20-14/h3-4,9-10,14,16H,5-8H2,1-2H3/t14-/m1/s1. The minimum atomic E-state index is -0.322. The summed E-state index contributed by atoms with van der Waals surface area (Å²) in [6.45, 7) is 6.20. The lowest BCUT2D eigenvalue weighted by Gasteiger charge is -2.39. The molecule has 1 aromatic carbocycles. The topological polar surface area (TPSA) is 64.4 Å². The molecular formula is C15H20N2O3. The number of nitrogens with one attached hydrogen (secondary N) is 1. The highest BCUT2D eigenvalue weighted by Crippen LogP contribution is 2.51. The number of nitro benzene ring substituents is 1. The third-order valence-electron chi connectivity index (χ3n) is 4.61. The first kappa shape index (κ1) is 13.4. The third kappa shape index (κ3) is 1.88. The second-order valence-electron chi connectivity index (χ2n) is 6.13. The number of piperidine rings is 1. The first-order valence-corrected chi connectivity index (χ1v) is 7.21. The van der Waals surface area contributed by atoms with Crippen LogP contribution in [0.2, 0.25) is 0 Å². The van der Waals surface area contributed by atoms with Crippen molar-refractivity contribution in [1.29, 1.82) is 0 Å². The highest BCUT2D eigenvalue weighted by molar-refractivity contribution is 5.52. The van der Waals surface area contributed by atoms with Gasteiger partial charge in [-0.3, -0.25) is 10.1 Å². The number of nitrogens with zero attached hydrogens (tertiary/aromatic N) is 1. The van der Waals surface area contributed by atoms with Gasteiger partial charge in [-0.25, -0.2) is 0 Å². The molecule has 1 atom stereocenters. The van der Waals surface area contributed by atoms with Crippen LogP contribution < -0.4 is 10.1 Å². The fourth-order valence-electron chi connectivity index (χ4n) is 3.73. The molecule has 1 aromatic rings. The maximum Gasteiger partial charge on any atom is 0.269 e. The van der Waals surface area contributed by atoms with Crippen LogP contribution in [0.4, 0.5) is 5.69 Å². The lowest BCUT2D eigenvalue weighted by Crippen LogP contribution is -2.48. The van der Waals surface area contributed by atoms with Crippen LogP contribution >= 0.6 is 0 Å². The van der Waals surface area contributed by atoms with Crippen molar-refractivity contribution in [2.45, 2.75) is 38.2 Å². The molecule has 3 rings (SSSR count). The van der Waals surface area contributed by atoms with Gasteiger partial charge in [0.05, 0.1) is 4.92 Å². The Balaban J connectivity index is 2.10. The van der Waals surface area contributed by atoms with E-state index in [9.17, 15) is 10.1 Å². The molecule has 0 aliphatic carbocycles. The van der Waals surface area contributed by atoms with Crippen LogP contribution in [-0.2, 0) is 5.41 Å². The Morgan fingerprint density at radius 2 is 2.10 bits per heavy atom. The number of nitro groups is 1. The van der Waals surface area contributed by atoms with Gasteiger partial charge >= 0.3 is 0 Å². The van der Waals surface area contributed by atoms with Crippen LogP contribution in [-0.4, -0.2) is 24.1 Å². The van der Waals surface area contributed by atoms with Gasteiger partial charge in [0.15, 0.2) is 0 Å².